The minimum atomic E-state index is -0.762. The first-order chi connectivity index (χ1) is 15.5. The summed E-state index contributed by atoms with van der Waals surface area (Å²) in [7, 11) is 0. The van der Waals surface area contributed by atoms with Crippen LogP contribution in [0.4, 0.5) is 4.39 Å². The largest absolute Gasteiger partial charge is 0.481 e. The van der Waals surface area contributed by atoms with Gasteiger partial charge in [-0.15, -0.1) is 0 Å². The number of aliphatic hydroxyl groups is 1. The lowest BCUT2D eigenvalue weighted by atomic mass is 9.69. The maximum Gasteiger partial charge on any atom is 0.303 e. The van der Waals surface area contributed by atoms with Crippen molar-refractivity contribution in [1.29, 1.82) is 0 Å². The van der Waals surface area contributed by atoms with Gasteiger partial charge < -0.3 is 14.9 Å². The minimum absolute atomic E-state index is 0.101. The highest BCUT2D eigenvalue weighted by molar-refractivity contribution is 5.66. The molecule has 1 saturated heterocycles. The Morgan fingerprint density at radius 1 is 1.25 bits per heavy atom. The molecule has 1 aliphatic heterocycles. The summed E-state index contributed by atoms with van der Waals surface area (Å²) in [6, 6.07) is 6.82. The van der Waals surface area contributed by atoms with Gasteiger partial charge in [0.1, 0.15) is 5.82 Å². The molecule has 4 nitrogen and oxygen atoms in total. The van der Waals surface area contributed by atoms with E-state index in [2.05, 4.69) is 25.2 Å². The zero-order valence-corrected chi connectivity index (χ0v) is 19.1. The summed E-state index contributed by atoms with van der Waals surface area (Å²) in [5.41, 5.74) is 0.955. The van der Waals surface area contributed by atoms with Gasteiger partial charge in [-0.25, -0.2) is 4.39 Å². The van der Waals surface area contributed by atoms with Gasteiger partial charge in [0.25, 0.3) is 0 Å². The second kappa shape index (κ2) is 11.8. The van der Waals surface area contributed by atoms with Gasteiger partial charge in [0.2, 0.25) is 0 Å². The fraction of sp³-hybridized carbons (Fsp3) is 0.593. The van der Waals surface area contributed by atoms with Crippen molar-refractivity contribution in [2.45, 2.75) is 82.3 Å². The maximum atomic E-state index is 13.6. The molecule has 1 aromatic rings. The van der Waals surface area contributed by atoms with E-state index < -0.39 is 12.1 Å². The summed E-state index contributed by atoms with van der Waals surface area (Å²) in [4.78, 5) is 10.7. The first-order valence-corrected chi connectivity index (χ1v) is 12.1. The normalized spacial score (nSPS) is 28.2. The van der Waals surface area contributed by atoms with Gasteiger partial charge in [0.15, 0.2) is 0 Å². The van der Waals surface area contributed by atoms with Crippen molar-refractivity contribution in [2.75, 3.05) is 6.61 Å². The number of carboxylic acid groups (broad SMARTS) is 1. The number of benzene rings is 1. The second-order valence-electron chi connectivity index (χ2n) is 9.34. The van der Waals surface area contributed by atoms with E-state index in [1.165, 1.54) is 12.1 Å². The zero-order chi connectivity index (χ0) is 23.0. The van der Waals surface area contributed by atoms with Crippen molar-refractivity contribution >= 4 is 5.97 Å². The van der Waals surface area contributed by atoms with Crippen molar-refractivity contribution in [3.8, 4) is 0 Å². The van der Waals surface area contributed by atoms with E-state index in [9.17, 15) is 14.3 Å². The number of allylic oxidation sites excluding steroid dienone is 2. The molecular weight excluding hydrogens is 407 g/mol. The summed E-state index contributed by atoms with van der Waals surface area (Å²) in [5, 5.41) is 19.2. The van der Waals surface area contributed by atoms with Crippen molar-refractivity contribution < 1.29 is 24.1 Å². The van der Waals surface area contributed by atoms with E-state index in [1.54, 1.807) is 0 Å². The van der Waals surface area contributed by atoms with Crippen LogP contribution in [-0.4, -0.2) is 35.0 Å². The Balaban J connectivity index is 1.74. The Hall–Kier alpha value is -1.98. The highest BCUT2D eigenvalue weighted by atomic mass is 19.1. The fourth-order valence-electron chi connectivity index (χ4n) is 5.39. The molecule has 32 heavy (non-hydrogen) atoms. The molecule has 3 rings (SSSR count). The predicted octanol–water partition coefficient (Wildman–Crippen LogP) is 5.80. The topological polar surface area (TPSA) is 66.8 Å². The molecule has 0 unspecified atom stereocenters. The second-order valence-corrected chi connectivity index (χ2v) is 9.34. The van der Waals surface area contributed by atoms with Gasteiger partial charge in [0, 0.05) is 17.8 Å². The molecule has 5 heteroatoms. The minimum Gasteiger partial charge on any atom is -0.481 e. The lowest BCUT2D eigenvalue weighted by Crippen LogP contribution is -2.39. The Morgan fingerprint density at radius 2 is 2.03 bits per heavy atom. The van der Waals surface area contributed by atoms with Crippen LogP contribution in [0, 0.1) is 17.7 Å². The van der Waals surface area contributed by atoms with Crippen LogP contribution in [0.25, 0.3) is 0 Å². The Kier molecular flexibility index (Phi) is 9.06. The molecule has 1 heterocycles. The molecule has 0 spiro atoms. The third kappa shape index (κ3) is 6.08. The highest BCUT2D eigenvalue weighted by Crippen LogP contribution is 2.57. The molecule has 2 aliphatic rings. The number of halogens is 1. The first-order valence-electron chi connectivity index (χ1n) is 12.1. The third-order valence-corrected chi connectivity index (χ3v) is 7.12. The molecule has 1 aliphatic carbocycles. The van der Waals surface area contributed by atoms with Crippen LogP contribution < -0.4 is 0 Å². The SMILES string of the molecule is CCCCC[C@H](O)/C=C/[C@@H]1[C@@H]2C[C@@](c3ccc(F)cc3)(CO2)[C@H]1C/C=C\CCCC(=O)O. The number of hydrogen-bond acceptors (Lipinski definition) is 3. The molecule has 1 saturated carbocycles. The Labute approximate surface area is 191 Å². The van der Waals surface area contributed by atoms with Crippen molar-refractivity contribution in [1.82, 2.24) is 0 Å². The molecule has 5 atom stereocenters. The summed E-state index contributed by atoms with van der Waals surface area (Å²) in [6.07, 6.45) is 15.4. The number of carboxylic acids is 1. The zero-order valence-electron chi connectivity index (χ0n) is 19.1. The standard InChI is InChI=1S/C27H37FO4/c1-2-3-6-9-22(29)16-17-23-24(10-7-4-5-8-11-26(30)31)27(18-25(23)32-19-27)20-12-14-21(28)15-13-20/h4,7,12-17,22-25,29H,2-3,5-6,8-11,18-19H2,1H3,(H,30,31)/b7-4-,17-16+/t22-,23-,24-,25-,27-/m0/s1. The lowest BCUT2D eigenvalue weighted by Gasteiger charge is -2.38. The van der Waals surface area contributed by atoms with Crippen LogP contribution in [0.1, 0.15) is 70.3 Å². The third-order valence-electron chi connectivity index (χ3n) is 7.12. The summed E-state index contributed by atoms with van der Waals surface area (Å²) in [6.45, 7) is 2.79. The van der Waals surface area contributed by atoms with Crippen LogP contribution in [0.3, 0.4) is 0 Å². The quantitative estimate of drug-likeness (QED) is 0.298. The molecule has 0 aromatic heterocycles. The van der Waals surface area contributed by atoms with E-state index in [1.807, 2.05) is 18.2 Å². The predicted molar refractivity (Wildman–Crippen MR) is 124 cm³/mol. The number of unbranched alkanes of at least 4 members (excludes halogenated alkanes) is 3. The number of fused-ring (bicyclic) bond motifs is 2. The fourth-order valence-corrected chi connectivity index (χ4v) is 5.39. The van der Waals surface area contributed by atoms with E-state index in [0.29, 0.717) is 18.9 Å². The molecule has 0 amide bonds. The summed E-state index contributed by atoms with van der Waals surface area (Å²) >= 11 is 0. The van der Waals surface area contributed by atoms with Gasteiger partial charge in [-0.2, -0.15) is 0 Å². The molecule has 2 N–H and O–H groups in total. The number of rotatable bonds is 13. The van der Waals surface area contributed by atoms with E-state index in [4.69, 9.17) is 9.84 Å². The molecule has 1 aromatic carbocycles. The van der Waals surface area contributed by atoms with Gasteiger partial charge in [0.05, 0.1) is 18.8 Å². The van der Waals surface area contributed by atoms with Gasteiger partial charge in [-0.1, -0.05) is 62.6 Å². The summed E-state index contributed by atoms with van der Waals surface area (Å²) < 4.78 is 19.7. The monoisotopic (exact) mass is 444 g/mol. The molecule has 176 valence electrons. The molecular formula is C27H37FO4. The van der Waals surface area contributed by atoms with Gasteiger partial charge >= 0.3 is 5.97 Å². The number of aliphatic carboxylic acids is 1. The average molecular weight is 445 g/mol. The van der Waals surface area contributed by atoms with E-state index in [-0.39, 0.29) is 29.7 Å². The molecule has 0 radical (unpaired) electrons. The van der Waals surface area contributed by atoms with Crippen LogP contribution in [0.2, 0.25) is 0 Å². The van der Waals surface area contributed by atoms with Crippen LogP contribution in [0.5, 0.6) is 0 Å². The van der Waals surface area contributed by atoms with Crippen molar-refractivity contribution in [2.24, 2.45) is 11.8 Å². The maximum absolute atomic E-state index is 13.6. The Morgan fingerprint density at radius 3 is 2.75 bits per heavy atom. The number of ether oxygens (including phenoxy) is 1. The van der Waals surface area contributed by atoms with Crippen LogP contribution in [-0.2, 0) is 14.9 Å². The highest BCUT2D eigenvalue weighted by Gasteiger charge is 2.58. The smallest absolute Gasteiger partial charge is 0.303 e. The van der Waals surface area contributed by atoms with Crippen molar-refractivity contribution in [3.05, 3.63) is 60.0 Å². The van der Waals surface area contributed by atoms with Gasteiger partial charge in [-0.05, 0) is 55.7 Å². The first kappa shape index (κ1) is 24.7. The van der Waals surface area contributed by atoms with Crippen molar-refractivity contribution in [3.63, 3.8) is 0 Å². The number of carbonyl (C=O) groups is 1. The van der Waals surface area contributed by atoms with Crippen LogP contribution >= 0.6 is 0 Å². The number of hydrogen-bond donors (Lipinski definition) is 2. The average Bonchev–Trinajstić information content (AvgIpc) is 3.33. The van der Waals surface area contributed by atoms with E-state index >= 15 is 0 Å². The molecule has 2 fully saturated rings. The van der Waals surface area contributed by atoms with Gasteiger partial charge in [-0.3, -0.25) is 4.79 Å². The molecule has 2 bridgehead atoms. The Bertz CT molecular complexity index is 787. The van der Waals surface area contributed by atoms with Crippen LogP contribution in [0.15, 0.2) is 48.6 Å². The van der Waals surface area contributed by atoms with E-state index in [0.717, 1.165) is 50.5 Å². The number of aliphatic hydroxyl groups excluding tert-OH is 1. The summed E-state index contributed by atoms with van der Waals surface area (Å²) in [5.74, 6) is -0.512. The lowest BCUT2D eigenvalue weighted by molar-refractivity contribution is -0.137.